The average Bonchev–Trinajstić information content (AvgIpc) is 2.31. The van der Waals surface area contributed by atoms with E-state index in [9.17, 15) is 9.59 Å². The maximum atomic E-state index is 11.8. The second kappa shape index (κ2) is 6.93. The fourth-order valence-electron chi connectivity index (χ4n) is 2.58. The number of hydrogen-bond acceptors (Lipinski definition) is 3. The molecule has 4 heteroatoms. The number of hydrogen-bond donors (Lipinski definition) is 1. The molecule has 0 saturated heterocycles. The van der Waals surface area contributed by atoms with E-state index in [0.29, 0.717) is 5.75 Å². The molecular weight excluding hydrogens is 270 g/mol. The van der Waals surface area contributed by atoms with E-state index in [2.05, 4.69) is 0 Å². The van der Waals surface area contributed by atoms with Crippen LogP contribution in [0.5, 0.6) is 0 Å². The topological polar surface area (TPSA) is 60.2 Å². The van der Waals surface area contributed by atoms with Crippen LogP contribution < -0.4 is 5.73 Å². The molecule has 1 aromatic rings. The first-order chi connectivity index (χ1) is 9.29. The number of thioether (sulfide) groups is 1. The molecular formula is C16H23NO2S. The van der Waals surface area contributed by atoms with Crippen molar-refractivity contribution in [2.75, 3.05) is 0 Å². The number of ketones is 1. The zero-order chi connectivity index (χ0) is 15.4. The van der Waals surface area contributed by atoms with Gasteiger partial charge < -0.3 is 5.73 Å². The first-order valence-electron chi connectivity index (χ1n) is 6.81. The summed E-state index contributed by atoms with van der Waals surface area (Å²) in [5.74, 6) is 0.527. The first kappa shape index (κ1) is 16.8. The molecule has 0 heterocycles. The van der Waals surface area contributed by atoms with Crippen LogP contribution in [0.1, 0.15) is 52.9 Å². The van der Waals surface area contributed by atoms with Gasteiger partial charge in [-0.1, -0.05) is 13.0 Å². The predicted octanol–water partition coefficient (Wildman–Crippen LogP) is 3.31. The highest BCUT2D eigenvalue weighted by Crippen LogP contribution is 2.28. The van der Waals surface area contributed by atoms with Crippen LogP contribution in [-0.4, -0.2) is 16.9 Å². The van der Waals surface area contributed by atoms with Gasteiger partial charge in [-0.2, -0.15) is 0 Å². The van der Waals surface area contributed by atoms with Crippen molar-refractivity contribution >= 4 is 23.5 Å². The second-order valence-electron chi connectivity index (χ2n) is 5.16. The van der Waals surface area contributed by atoms with E-state index in [0.717, 1.165) is 34.2 Å². The predicted molar refractivity (Wildman–Crippen MR) is 85.2 cm³/mol. The molecule has 0 aliphatic heterocycles. The lowest BCUT2D eigenvalue weighted by molar-refractivity contribution is -0.117. The van der Waals surface area contributed by atoms with Crippen LogP contribution in [-0.2, 0) is 10.5 Å². The molecule has 0 aliphatic rings. The van der Waals surface area contributed by atoms with Gasteiger partial charge in [-0.3, -0.25) is 9.59 Å². The minimum atomic E-state index is -0.272. The molecule has 2 N–H and O–H groups in total. The van der Waals surface area contributed by atoms with Crippen LogP contribution in [0, 0.1) is 20.8 Å². The molecule has 20 heavy (non-hydrogen) atoms. The number of Topliss-reactive ketones (excluding diaryl/α,β-unsaturated/α-hetero) is 1. The molecule has 0 radical (unpaired) electrons. The minimum absolute atomic E-state index is 0.0909. The van der Waals surface area contributed by atoms with Gasteiger partial charge in [-0.25, -0.2) is 0 Å². The largest absolute Gasteiger partial charge is 0.369 e. The average molecular weight is 293 g/mol. The van der Waals surface area contributed by atoms with Gasteiger partial charge >= 0.3 is 0 Å². The van der Waals surface area contributed by atoms with Crippen molar-refractivity contribution in [2.24, 2.45) is 5.73 Å². The zero-order valence-corrected chi connectivity index (χ0v) is 13.7. The molecule has 0 fully saturated rings. The number of carbonyl (C=O) groups excluding carboxylic acids is 2. The SMILES string of the molecule is CC[C@H](SCc1c(C)cc(C)c(C(C)=O)c1C)C(N)=O. The summed E-state index contributed by atoms with van der Waals surface area (Å²) in [6, 6.07) is 2.05. The summed E-state index contributed by atoms with van der Waals surface area (Å²) in [6.07, 6.45) is 0.726. The van der Waals surface area contributed by atoms with Crippen molar-refractivity contribution < 1.29 is 9.59 Å². The molecule has 0 spiro atoms. The summed E-state index contributed by atoms with van der Waals surface area (Å²) < 4.78 is 0. The molecule has 0 aromatic heterocycles. The summed E-state index contributed by atoms with van der Waals surface area (Å²) in [5.41, 5.74) is 10.5. The van der Waals surface area contributed by atoms with Gasteiger partial charge in [0.25, 0.3) is 0 Å². The molecule has 3 nitrogen and oxygen atoms in total. The number of benzene rings is 1. The van der Waals surface area contributed by atoms with Crippen molar-refractivity contribution in [3.63, 3.8) is 0 Å². The van der Waals surface area contributed by atoms with Crippen molar-refractivity contribution in [1.29, 1.82) is 0 Å². The summed E-state index contributed by atoms with van der Waals surface area (Å²) in [4.78, 5) is 23.1. The fraction of sp³-hybridized carbons (Fsp3) is 0.500. The number of nitrogens with two attached hydrogens (primary N) is 1. The van der Waals surface area contributed by atoms with Crippen LogP contribution >= 0.6 is 11.8 Å². The summed E-state index contributed by atoms with van der Waals surface area (Å²) in [5, 5.41) is -0.170. The van der Waals surface area contributed by atoms with Crippen LogP contribution in [0.25, 0.3) is 0 Å². The third-order valence-electron chi connectivity index (χ3n) is 3.60. The van der Waals surface area contributed by atoms with Crippen LogP contribution in [0.4, 0.5) is 0 Å². The Labute approximate surface area is 125 Å². The van der Waals surface area contributed by atoms with E-state index in [1.165, 1.54) is 0 Å². The number of amides is 1. The lowest BCUT2D eigenvalue weighted by Gasteiger charge is -2.17. The lowest BCUT2D eigenvalue weighted by Crippen LogP contribution is -2.25. The normalized spacial score (nSPS) is 12.2. The Hall–Kier alpha value is -1.29. The minimum Gasteiger partial charge on any atom is -0.369 e. The zero-order valence-electron chi connectivity index (χ0n) is 12.9. The Morgan fingerprint density at radius 2 is 1.85 bits per heavy atom. The van der Waals surface area contributed by atoms with Crippen molar-refractivity contribution in [3.8, 4) is 0 Å². The van der Waals surface area contributed by atoms with Crippen molar-refractivity contribution in [2.45, 2.75) is 52.0 Å². The highest BCUT2D eigenvalue weighted by atomic mass is 32.2. The summed E-state index contributed by atoms with van der Waals surface area (Å²) in [6.45, 7) is 9.55. The van der Waals surface area contributed by atoms with Gasteiger partial charge in [0.05, 0.1) is 5.25 Å². The third-order valence-corrected chi connectivity index (χ3v) is 5.02. The van der Waals surface area contributed by atoms with E-state index in [1.54, 1.807) is 18.7 Å². The number of primary amides is 1. The van der Waals surface area contributed by atoms with E-state index in [1.807, 2.05) is 33.8 Å². The Morgan fingerprint density at radius 1 is 1.25 bits per heavy atom. The van der Waals surface area contributed by atoms with Gasteiger partial charge in [0.2, 0.25) is 5.91 Å². The number of carbonyl (C=O) groups is 2. The smallest absolute Gasteiger partial charge is 0.230 e. The molecule has 1 rings (SSSR count). The van der Waals surface area contributed by atoms with E-state index >= 15 is 0 Å². The molecule has 110 valence electrons. The van der Waals surface area contributed by atoms with E-state index in [4.69, 9.17) is 5.73 Å². The molecule has 0 unspecified atom stereocenters. The lowest BCUT2D eigenvalue weighted by atomic mass is 9.92. The second-order valence-corrected chi connectivity index (χ2v) is 6.35. The third kappa shape index (κ3) is 3.63. The summed E-state index contributed by atoms with van der Waals surface area (Å²) >= 11 is 1.55. The monoisotopic (exact) mass is 293 g/mol. The molecule has 1 amide bonds. The van der Waals surface area contributed by atoms with Crippen LogP contribution in [0.2, 0.25) is 0 Å². The standard InChI is InChI=1S/C16H23NO2S/c1-6-14(16(17)19)20-8-13-9(2)7-10(3)15(11(13)4)12(5)18/h7,14H,6,8H2,1-5H3,(H2,17,19)/t14-/m0/s1. The van der Waals surface area contributed by atoms with Crippen molar-refractivity contribution in [1.82, 2.24) is 0 Å². The molecule has 0 bridgehead atoms. The quantitative estimate of drug-likeness (QED) is 0.819. The van der Waals surface area contributed by atoms with Gasteiger partial charge in [-0.15, -0.1) is 11.8 Å². The number of aryl methyl sites for hydroxylation is 2. The molecule has 0 aliphatic carbocycles. The molecule has 1 atom stereocenters. The van der Waals surface area contributed by atoms with Crippen LogP contribution in [0.15, 0.2) is 6.07 Å². The van der Waals surface area contributed by atoms with Gasteiger partial charge in [0.1, 0.15) is 0 Å². The van der Waals surface area contributed by atoms with Gasteiger partial charge in [0, 0.05) is 11.3 Å². The Bertz CT molecular complexity index is 538. The highest BCUT2D eigenvalue weighted by molar-refractivity contribution is 7.99. The van der Waals surface area contributed by atoms with Gasteiger partial charge in [0.15, 0.2) is 5.78 Å². The van der Waals surface area contributed by atoms with E-state index in [-0.39, 0.29) is 16.9 Å². The Balaban J connectivity index is 3.10. The maximum absolute atomic E-state index is 11.8. The van der Waals surface area contributed by atoms with Crippen molar-refractivity contribution in [3.05, 3.63) is 33.9 Å². The Kier molecular flexibility index (Phi) is 5.81. The van der Waals surface area contributed by atoms with E-state index < -0.39 is 0 Å². The summed E-state index contributed by atoms with van der Waals surface area (Å²) in [7, 11) is 0. The molecule has 1 aromatic carbocycles. The number of rotatable bonds is 6. The molecule has 0 saturated carbocycles. The van der Waals surface area contributed by atoms with Gasteiger partial charge in [-0.05, 0) is 56.4 Å². The van der Waals surface area contributed by atoms with Crippen LogP contribution in [0.3, 0.4) is 0 Å². The first-order valence-corrected chi connectivity index (χ1v) is 7.85. The fourth-order valence-corrected chi connectivity index (χ4v) is 3.79. The Morgan fingerprint density at radius 3 is 2.30 bits per heavy atom. The highest BCUT2D eigenvalue weighted by Gasteiger charge is 2.17. The maximum Gasteiger partial charge on any atom is 0.230 e.